The Labute approximate surface area is 116 Å². The molecule has 0 spiro atoms. The van der Waals surface area contributed by atoms with Gasteiger partial charge in [0.2, 0.25) is 5.91 Å². The van der Waals surface area contributed by atoms with Gasteiger partial charge in [-0.05, 0) is 23.8 Å². The molecule has 104 valence electrons. The summed E-state index contributed by atoms with van der Waals surface area (Å²) in [5.41, 5.74) is 0.527. The molecule has 0 saturated heterocycles. The molecule has 1 aromatic rings. The van der Waals surface area contributed by atoms with Crippen LogP contribution in [0.25, 0.3) is 6.08 Å². The second kappa shape index (κ2) is 6.60. The van der Waals surface area contributed by atoms with Crippen LogP contribution in [0.1, 0.15) is 12.5 Å². The SMILES string of the molecule is CC(=O)NCC=Cc1cc(Br)cc(OC(F)(F)F)c1. The van der Waals surface area contributed by atoms with Gasteiger partial charge in [-0.15, -0.1) is 13.2 Å². The molecule has 0 aliphatic carbocycles. The molecule has 0 fully saturated rings. The second-order valence-electron chi connectivity index (χ2n) is 3.61. The summed E-state index contributed by atoms with van der Waals surface area (Å²) in [7, 11) is 0. The average Bonchev–Trinajstić information content (AvgIpc) is 2.20. The molecular formula is C12H11BrF3NO2. The summed E-state index contributed by atoms with van der Waals surface area (Å²) in [5, 5.41) is 2.53. The third-order valence-corrected chi connectivity index (χ3v) is 2.36. The van der Waals surface area contributed by atoms with Gasteiger partial charge in [-0.3, -0.25) is 4.79 Å². The van der Waals surface area contributed by atoms with Crippen molar-refractivity contribution >= 4 is 27.9 Å². The molecule has 0 aromatic heterocycles. The molecule has 0 radical (unpaired) electrons. The van der Waals surface area contributed by atoms with Gasteiger partial charge >= 0.3 is 6.36 Å². The van der Waals surface area contributed by atoms with Crippen LogP contribution in [-0.2, 0) is 4.79 Å². The Balaban J connectivity index is 2.76. The lowest BCUT2D eigenvalue weighted by Crippen LogP contribution is -2.19. The molecule has 0 aliphatic rings. The molecule has 3 nitrogen and oxygen atoms in total. The summed E-state index contributed by atoms with van der Waals surface area (Å²) < 4.78 is 40.6. The first kappa shape index (κ1) is 15.6. The van der Waals surface area contributed by atoms with Crippen molar-refractivity contribution in [1.29, 1.82) is 0 Å². The van der Waals surface area contributed by atoms with E-state index < -0.39 is 6.36 Å². The van der Waals surface area contributed by atoms with Crippen molar-refractivity contribution in [1.82, 2.24) is 5.32 Å². The first-order valence-corrected chi connectivity index (χ1v) is 6.03. The fourth-order valence-electron chi connectivity index (χ4n) is 1.27. The molecule has 0 atom stereocenters. The molecule has 0 bridgehead atoms. The molecule has 1 N–H and O–H groups in total. The third kappa shape index (κ3) is 6.85. The van der Waals surface area contributed by atoms with E-state index in [0.29, 0.717) is 16.6 Å². The maximum Gasteiger partial charge on any atom is 0.573 e. The Morgan fingerprint density at radius 3 is 2.68 bits per heavy atom. The lowest BCUT2D eigenvalue weighted by atomic mass is 10.2. The van der Waals surface area contributed by atoms with E-state index in [1.54, 1.807) is 18.2 Å². The number of hydrogen-bond donors (Lipinski definition) is 1. The largest absolute Gasteiger partial charge is 0.573 e. The fraction of sp³-hybridized carbons (Fsp3) is 0.250. The quantitative estimate of drug-likeness (QED) is 0.913. The van der Waals surface area contributed by atoms with E-state index in [-0.39, 0.29) is 11.7 Å². The Morgan fingerprint density at radius 1 is 1.42 bits per heavy atom. The van der Waals surface area contributed by atoms with Crippen LogP contribution < -0.4 is 10.1 Å². The van der Waals surface area contributed by atoms with Crippen LogP contribution in [0.15, 0.2) is 28.7 Å². The van der Waals surface area contributed by atoms with Crippen molar-refractivity contribution in [3.63, 3.8) is 0 Å². The zero-order valence-electron chi connectivity index (χ0n) is 9.92. The van der Waals surface area contributed by atoms with E-state index in [4.69, 9.17) is 0 Å². The molecule has 0 unspecified atom stereocenters. The molecule has 19 heavy (non-hydrogen) atoms. The lowest BCUT2D eigenvalue weighted by molar-refractivity contribution is -0.274. The highest BCUT2D eigenvalue weighted by molar-refractivity contribution is 9.10. The summed E-state index contributed by atoms with van der Waals surface area (Å²) in [6, 6.07) is 4.11. The third-order valence-electron chi connectivity index (χ3n) is 1.91. The van der Waals surface area contributed by atoms with Crippen molar-refractivity contribution in [2.45, 2.75) is 13.3 Å². The van der Waals surface area contributed by atoms with Crippen molar-refractivity contribution < 1.29 is 22.7 Å². The Hall–Kier alpha value is -1.50. The van der Waals surface area contributed by atoms with Crippen LogP contribution >= 0.6 is 15.9 Å². The summed E-state index contributed by atoms with van der Waals surface area (Å²) in [6.45, 7) is 1.68. The molecule has 1 amide bonds. The van der Waals surface area contributed by atoms with E-state index in [1.807, 2.05) is 0 Å². The number of carbonyl (C=O) groups is 1. The number of nitrogens with one attached hydrogen (secondary N) is 1. The molecule has 0 aliphatic heterocycles. The number of halogens is 4. The maximum atomic E-state index is 12.1. The van der Waals surface area contributed by atoms with Gasteiger partial charge in [0.25, 0.3) is 0 Å². The highest BCUT2D eigenvalue weighted by Crippen LogP contribution is 2.27. The second-order valence-corrected chi connectivity index (χ2v) is 4.52. The number of hydrogen-bond acceptors (Lipinski definition) is 2. The summed E-state index contributed by atoms with van der Waals surface area (Å²) in [4.78, 5) is 10.6. The number of amides is 1. The van der Waals surface area contributed by atoms with Crippen molar-refractivity contribution in [3.8, 4) is 5.75 Å². The number of ether oxygens (including phenoxy) is 1. The first-order valence-electron chi connectivity index (χ1n) is 5.23. The van der Waals surface area contributed by atoms with Gasteiger partial charge in [0, 0.05) is 17.9 Å². The average molecular weight is 338 g/mol. The zero-order valence-corrected chi connectivity index (χ0v) is 11.5. The number of alkyl halides is 3. The van der Waals surface area contributed by atoms with E-state index in [2.05, 4.69) is 26.0 Å². The monoisotopic (exact) mass is 337 g/mol. The normalized spacial score (nSPS) is 11.6. The molecule has 0 heterocycles. The topological polar surface area (TPSA) is 38.3 Å². The van der Waals surface area contributed by atoms with Crippen LogP contribution in [0.4, 0.5) is 13.2 Å². The molecule has 1 aromatic carbocycles. The van der Waals surface area contributed by atoms with Gasteiger partial charge in [-0.25, -0.2) is 0 Å². The van der Waals surface area contributed by atoms with Gasteiger partial charge in [0.1, 0.15) is 5.75 Å². The van der Waals surface area contributed by atoms with Crippen molar-refractivity contribution in [2.75, 3.05) is 6.54 Å². The van der Waals surface area contributed by atoms with Crippen molar-refractivity contribution in [3.05, 3.63) is 34.3 Å². The first-order chi connectivity index (χ1) is 8.76. The van der Waals surface area contributed by atoms with Gasteiger partial charge in [-0.1, -0.05) is 28.1 Å². The zero-order chi connectivity index (χ0) is 14.5. The number of rotatable bonds is 4. The predicted octanol–water partition coefficient (Wildman–Crippen LogP) is 3.50. The van der Waals surface area contributed by atoms with Gasteiger partial charge in [0.05, 0.1) is 0 Å². The van der Waals surface area contributed by atoms with E-state index >= 15 is 0 Å². The highest BCUT2D eigenvalue weighted by Gasteiger charge is 2.31. The van der Waals surface area contributed by atoms with Crippen LogP contribution in [-0.4, -0.2) is 18.8 Å². The van der Waals surface area contributed by atoms with Crippen LogP contribution in [0.5, 0.6) is 5.75 Å². The fourth-order valence-corrected chi connectivity index (χ4v) is 1.76. The standard InChI is InChI=1S/C12H11BrF3NO2/c1-8(18)17-4-2-3-9-5-10(13)7-11(6-9)19-12(14,15)16/h2-3,5-7H,4H2,1H3,(H,17,18). The van der Waals surface area contributed by atoms with Crippen LogP contribution in [0.2, 0.25) is 0 Å². The summed E-state index contributed by atoms with van der Waals surface area (Å²) in [5.74, 6) is -0.485. The minimum Gasteiger partial charge on any atom is -0.406 e. The smallest absolute Gasteiger partial charge is 0.406 e. The van der Waals surface area contributed by atoms with E-state index in [1.165, 1.54) is 19.1 Å². The molecular weight excluding hydrogens is 327 g/mol. The van der Waals surface area contributed by atoms with E-state index in [9.17, 15) is 18.0 Å². The molecule has 1 rings (SSSR count). The lowest BCUT2D eigenvalue weighted by Gasteiger charge is -2.09. The highest BCUT2D eigenvalue weighted by atomic mass is 79.9. The Morgan fingerprint density at radius 2 is 2.11 bits per heavy atom. The van der Waals surface area contributed by atoms with E-state index in [0.717, 1.165) is 0 Å². The van der Waals surface area contributed by atoms with Crippen LogP contribution in [0, 0.1) is 0 Å². The Kier molecular flexibility index (Phi) is 5.41. The van der Waals surface area contributed by atoms with Gasteiger partial charge in [-0.2, -0.15) is 0 Å². The molecule has 0 saturated carbocycles. The van der Waals surface area contributed by atoms with Gasteiger partial charge in [0.15, 0.2) is 0 Å². The van der Waals surface area contributed by atoms with Crippen LogP contribution in [0.3, 0.4) is 0 Å². The van der Waals surface area contributed by atoms with Gasteiger partial charge < -0.3 is 10.1 Å². The minimum atomic E-state index is -4.72. The summed E-state index contributed by atoms with van der Waals surface area (Å²) in [6.07, 6.45) is -1.51. The molecule has 7 heteroatoms. The maximum absolute atomic E-state index is 12.1. The van der Waals surface area contributed by atoms with Crippen molar-refractivity contribution in [2.24, 2.45) is 0 Å². The predicted molar refractivity (Wildman–Crippen MR) is 68.5 cm³/mol. The number of carbonyl (C=O) groups excluding carboxylic acids is 1. The summed E-state index contributed by atoms with van der Waals surface area (Å²) >= 11 is 3.10. The Bertz CT molecular complexity index is 486. The minimum absolute atomic E-state index is 0.181. The number of benzene rings is 1.